The van der Waals surface area contributed by atoms with E-state index >= 15 is 0 Å². The largest absolute Gasteiger partial charge is 0.233 e. The summed E-state index contributed by atoms with van der Waals surface area (Å²) in [4.78, 5) is 11.3. The molecular weight excluding hydrogens is 264 g/mol. The van der Waals surface area contributed by atoms with Crippen LogP contribution in [-0.4, -0.2) is 20.3 Å². The van der Waals surface area contributed by atoms with Crippen LogP contribution in [0.25, 0.3) is 0 Å². The van der Waals surface area contributed by atoms with Gasteiger partial charge in [0, 0.05) is 14.5 Å². The molecule has 3 heteroatoms. The molecule has 0 spiro atoms. The first-order valence-electron chi connectivity index (χ1n) is 8.47. The fraction of sp³-hybridized carbons (Fsp3) is 1.00. The highest BCUT2D eigenvalue weighted by Gasteiger charge is 2.39. The van der Waals surface area contributed by atoms with E-state index in [2.05, 4.69) is 40.4 Å². The average molecular weight is 299 g/mol. The molecule has 2 nitrogen and oxygen atoms in total. The molecule has 1 saturated heterocycles. The molecule has 2 aliphatic rings. The zero-order valence-electron chi connectivity index (χ0n) is 14.4. The van der Waals surface area contributed by atoms with E-state index in [4.69, 9.17) is 9.78 Å². The molecule has 2 atom stereocenters. The SMILES string of the molecule is CC(C)(C)C1CCC(C2CC(C[Si](C)(C)C)OO2)CC1. The quantitative estimate of drug-likeness (QED) is 0.522. The van der Waals surface area contributed by atoms with Crippen LogP contribution in [0.15, 0.2) is 0 Å². The summed E-state index contributed by atoms with van der Waals surface area (Å²) in [6.45, 7) is 14.4. The lowest BCUT2D eigenvalue weighted by atomic mass is 9.68. The van der Waals surface area contributed by atoms with E-state index in [1.807, 2.05) is 0 Å². The molecule has 0 N–H and O–H groups in total. The summed E-state index contributed by atoms with van der Waals surface area (Å²) in [7, 11) is -1.04. The highest BCUT2D eigenvalue weighted by Crippen LogP contribution is 2.43. The van der Waals surface area contributed by atoms with Crippen LogP contribution in [0, 0.1) is 17.3 Å². The predicted octanol–water partition coefficient (Wildman–Crippen LogP) is 5.27. The second-order valence-corrected chi connectivity index (χ2v) is 14.9. The maximum absolute atomic E-state index is 5.69. The van der Waals surface area contributed by atoms with E-state index < -0.39 is 8.07 Å². The Morgan fingerprint density at radius 1 is 0.950 bits per heavy atom. The highest BCUT2D eigenvalue weighted by molar-refractivity contribution is 6.76. The number of rotatable bonds is 3. The second-order valence-electron chi connectivity index (χ2n) is 9.33. The normalized spacial score (nSPS) is 36.3. The first-order valence-corrected chi connectivity index (χ1v) is 12.2. The minimum absolute atomic E-state index is 0.368. The zero-order chi connectivity index (χ0) is 15.0. The standard InChI is InChI=1S/C17H34O2Si/c1-17(2,3)14-9-7-13(8-10-14)16-11-15(18-19-16)12-20(4,5)6/h13-16H,7-12H2,1-6H3. The molecule has 1 heterocycles. The van der Waals surface area contributed by atoms with Crippen LogP contribution in [0.1, 0.15) is 52.9 Å². The van der Waals surface area contributed by atoms with Crippen molar-refractivity contribution >= 4 is 8.07 Å². The van der Waals surface area contributed by atoms with E-state index in [0.29, 0.717) is 17.6 Å². The highest BCUT2D eigenvalue weighted by atomic mass is 28.3. The third kappa shape index (κ3) is 4.57. The van der Waals surface area contributed by atoms with Crippen LogP contribution in [0.5, 0.6) is 0 Å². The minimum Gasteiger partial charge on any atom is -0.233 e. The van der Waals surface area contributed by atoms with Crippen LogP contribution in [0.4, 0.5) is 0 Å². The van der Waals surface area contributed by atoms with E-state index in [-0.39, 0.29) is 0 Å². The Morgan fingerprint density at radius 2 is 1.55 bits per heavy atom. The molecule has 1 aliphatic carbocycles. The lowest BCUT2D eigenvalue weighted by Crippen LogP contribution is -2.31. The summed E-state index contributed by atoms with van der Waals surface area (Å²) < 4.78 is 0. The molecule has 0 amide bonds. The summed E-state index contributed by atoms with van der Waals surface area (Å²) in [5.74, 6) is 1.62. The lowest BCUT2D eigenvalue weighted by Gasteiger charge is -2.38. The summed E-state index contributed by atoms with van der Waals surface area (Å²) in [5, 5.41) is 0. The van der Waals surface area contributed by atoms with Crippen molar-refractivity contribution in [3.05, 3.63) is 0 Å². The van der Waals surface area contributed by atoms with Gasteiger partial charge in [-0.05, 0) is 49.0 Å². The Bertz CT molecular complexity index is 308. The Balaban J connectivity index is 1.78. The third-order valence-electron chi connectivity index (χ3n) is 5.17. The third-order valence-corrected chi connectivity index (χ3v) is 6.85. The van der Waals surface area contributed by atoms with E-state index in [9.17, 15) is 0 Å². The van der Waals surface area contributed by atoms with E-state index in [1.165, 1.54) is 31.7 Å². The second kappa shape index (κ2) is 6.10. The Kier molecular flexibility index (Phi) is 5.03. The molecule has 2 fully saturated rings. The maximum atomic E-state index is 5.69. The van der Waals surface area contributed by atoms with Gasteiger partial charge in [-0.2, -0.15) is 0 Å². The molecule has 1 aliphatic heterocycles. The molecular formula is C17H34O2Si. The summed E-state index contributed by atoms with van der Waals surface area (Å²) >= 11 is 0. The van der Waals surface area contributed by atoms with Crippen LogP contribution in [0.3, 0.4) is 0 Å². The van der Waals surface area contributed by atoms with Crippen molar-refractivity contribution in [2.24, 2.45) is 17.3 Å². The van der Waals surface area contributed by atoms with Crippen molar-refractivity contribution < 1.29 is 9.78 Å². The van der Waals surface area contributed by atoms with Crippen molar-refractivity contribution in [1.82, 2.24) is 0 Å². The molecule has 0 aromatic carbocycles. The number of hydrogen-bond acceptors (Lipinski definition) is 2. The molecule has 0 radical (unpaired) electrons. The zero-order valence-corrected chi connectivity index (χ0v) is 15.4. The van der Waals surface area contributed by atoms with Crippen molar-refractivity contribution in [1.29, 1.82) is 0 Å². The fourth-order valence-electron chi connectivity index (χ4n) is 3.92. The van der Waals surface area contributed by atoms with Gasteiger partial charge in [-0.25, -0.2) is 9.78 Å². The van der Waals surface area contributed by atoms with Crippen molar-refractivity contribution in [2.45, 2.75) is 90.8 Å². The summed E-state index contributed by atoms with van der Waals surface area (Å²) in [6, 6.07) is 1.24. The molecule has 0 aromatic rings. The molecule has 2 unspecified atom stereocenters. The van der Waals surface area contributed by atoms with Gasteiger partial charge in [-0.3, -0.25) is 0 Å². The summed E-state index contributed by atoms with van der Waals surface area (Å²) in [5.41, 5.74) is 0.471. The first kappa shape index (κ1) is 16.5. The Morgan fingerprint density at radius 3 is 2.05 bits per heavy atom. The van der Waals surface area contributed by atoms with Gasteiger partial charge >= 0.3 is 0 Å². The Labute approximate surface area is 126 Å². The maximum Gasteiger partial charge on any atom is 0.0983 e. The monoisotopic (exact) mass is 298 g/mol. The molecule has 0 bridgehead atoms. The van der Waals surface area contributed by atoms with Gasteiger partial charge in [0.2, 0.25) is 0 Å². The molecule has 0 aromatic heterocycles. The fourth-order valence-corrected chi connectivity index (χ4v) is 5.52. The smallest absolute Gasteiger partial charge is 0.0983 e. The van der Waals surface area contributed by atoms with Gasteiger partial charge in [-0.1, -0.05) is 40.4 Å². The van der Waals surface area contributed by atoms with Crippen molar-refractivity contribution in [3.8, 4) is 0 Å². The topological polar surface area (TPSA) is 18.5 Å². The molecule has 118 valence electrons. The van der Waals surface area contributed by atoms with Crippen LogP contribution < -0.4 is 0 Å². The van der Waals surface area contributed by atoms with Crippen LogP contribution >= 0.6 is 0 Å². The van der Waals surface area contributed by atoms with Crippen LogP contribution in [-0.2, 0) is 9.78 Å². The minimum atomic E-state index is -1.04. The molecule has 1 saturated carbocycles. The van der Waals surface area contributed by atoms with E-state index in [0.717, 1.165) is 18.3 Å². The summed E-state index contributed by atoms with van der Waals surface area (Å²) in [6.07, 6.45) is 7.27. The average Bonchev–Trinajstić information content (AvgIpc) is 2.74. The van der Waals surface area contributed by atoms with Gasteiger partial charge < -0.3 is 0 Å². The van der Waals surface area contributed by atoms with Crippen molar-refractivity contribution in [2.75, 3.05) is 0 Å². The van der Waals surface area contributed by atoms with Gasteiger partial charge in [-0.15, -0.1) is 0 Å². The van der Waals surface area contributed by atoms with Gasteiger partial charge in [0.1, 0.15) is 0 Å². The molecule has 20 heavy (non-hydrogen) atoms. The Hall–Kier alpha value is 0.137. The number of hydrogen-bond donors (Lipinski definition) is 0. The first-order chi connectivity index (χ1) is 9.15. The van der Waals surface area contributed by atoms with E-state index in [1.54, 1.807) is 0 Å². The lowest BCUT2D eigenvalue weighted by molar-refractivity contribution is -0.302. The molecule has 2 rings (SSSR count). The van der Waals surface area contributed by atoms with Gasteiger partial charge in [0.15, 0.2) is 0 Å². The van der Waals surface area contributed by atoms with Crippen molar-refractivity contribution in [3.63, 3.8) is 0 Å². The predicted molar refractivity (Wildman–Crippen MR) is 87.4 cm³/mol. The van der Waals surface area contributed by atoms with Gasteiger partial charge in [0.25, 0.3) is 0 Å². The van der Waals surface area contributed by atoms with Crippen LogP contribution in [0.2, 0.25) is 25.7 Å². The van der Waals surface area contributed by atoms with Gasteiger partial charge in [0.05, 0.1) is 12.2 Å².